The number of hydrogen-bond donors (Lipinski definition) is 1. The summed E-state index contributed by atoms with van der Waals surface area (Å²) >= 11 is 10.0. The Kier molecular flexibility index (Phi) is 3.41. The van der Waals surface area contributed by atoms with E-state index in [1.807, 2.05) is 25.1 Å². The van der Waals surface area contributed by atoms with Crippen molar-refractivity contribution < 1.29 is 4.79 Å². The second-order valence-corrected chi connectivity index (χ2v) is 6.06. The highest BCUT2D eigenvalue weighted by atomic mass is 79.9. The van der Waals surface area contributed by atoms with Gasteiger partial charge in [-0.1, -0.05) is 0 Å². The number of hydrogen-bond acceptors (Lipinski definition) is 3. The molecule has 0 aromatic carbocycles. The molecule has 0 unspecified atom stereocenters. The molecule has 0 spiro atoms. The lowest BCUT2D eigenvalue weighted by atomic mass is 10.3. The van der Waals surface area contributed by atoms with Gasteiger partial charge in [-0.2, -0.15) is 0 Å². The van der Waals surface area contributed by atoms with Gasteiger partial charge < -0.3 is 5.32 Å². The predicted octanol–water partition coefficient (Wildman–Crippen LogP) is 2.59. The Morgan fingerprint density at radius 2 is 2.38 bits per heavy atom. The summed E-state index contributed by atoms with van der Waals surface area (Å²) in [7, 11) is 0. The lowest BCUT2D eigenvalue weighted by molar-refractivity contribution is -0.122. The molecule has 1 N–H and O–H groups in total. The molecule has 6 heteroatoms. The number of halogens is 1. The van der Waals surface area contributed by atoms with Crippen molar-refractivity contribution in [2.24, 2.45) is 0 Å². The number of likely N-dealkylation sites (N-methyl/N-ethyl adjacent to an activating group) is 1. The van der Waals surface area contributed by atoms with Gasteiger partial charge in [-0.05, 0) is 53.3 Å². The van der Waals surface area contributed by atoms with E-state index in [4.69, 9.17) is 12.2 Å². The zero-order valence-corrected chi connectivity index (χ0v) is 11.7. The summed E-state index contributed by atoms with van der Waals surface area (Å²) in [4.78, 5) is 14.4. The van der Waals surface area contributed by atoms with Gasteiger partial charge in [0.15, 0.2) is 5.11 Å². The van der Waals surface area contributed by atoms with E-state index in [-0.39, 0.29) is 5.91 Å². The molecule has 0 bridgehead atoms. The van der Waals surface area contributed by atoms with E-state index in [1.54, 1.807) is 16.2 Å². The highest BCUT2D eigenvalue weighted by molar-refractivity contribution is 9.11. The fraction of sp³-hybridized carbons (Fsp3) is 0.200. The molecule has 1 aliphatic heterocycles. The van der Waals surface area contributed by atoms with Crippen LogP contribution in [0.5, 0.6) is 0 Å². The van der Waals surface area contributed by atoms with Crippen LogP contribution in [0.3, 0.4) is 0 Å². The standard InChI is InChI=1S/C10H9BrN2OS2/c1-2-13-9(14)7(12-10(13)15)5-6-3-4-8(11)16-6/h3-5H,2H2,1H3,(H,12,15)/b7-5-. The van der Waals surface area contributed by atoms with Gasteiger partial charge in [0.05, 0.1) is 3.79 Å². The number of nitrogens with one attached hydrogen (secondary N) is 1. The van der Waals surface area contributed by atoms with E-state index in [0.717, 1.165) is 8.66 Å². The quantitative estimate of drug-likeness (QED) is 0.672. The Balaban J connectivity index is 2.27. The van der Waals surface area contributed by atoms with Crippen LogP contribution >= 0.6 is 39.5 Å². The third-order valence-electron chi connectivity index (χ3n) is 2.16. The molecule has 1 aromatic rings. The van der Waals surface area contributed by atoms with Crippen molar-refractivity contribution in [1.29, 1.82) is 0 Å². The summed E-state index contributed by atoms with van der Waals surface area (Å²) in [6.07, 6.45) is 1.82. The minimum absolute atomic E-state index is 0.0583. The van der Waals surface area contributed by atoms with Gasteiger partial charge in [-0.25, -0.2) is 0 Å². The molecular weight excluding hydrogens is 308 g/mol. The van der Waals surface area contributed by atoms with Crippen LogP contribution in [0.15, 0.2) is 21.6 Å². The fourth-order valence-electron chi connectivity index (χ4n) is 1.41. The zero-order chi connectivity index (χ0) is 11.7. The topological polar surface area (TPSA) is 32.3 Å². The van der Waals surface area contributed by atoms with Crippen molar-refractivity contribution in [2.45, 2.75) is 6.92 Å². The maximum atomic E-state index is 11.9. The zero-order valence-electron chi connectivity index (χ0n) is 8.49. The molecule has 16 heavy (non-hydrogen) atoms. The van der Waals surface area contributed by atoms with Gasteiger partial charge in [-0.3, -0.25) is 9.69 Å². The molecule has 0 aliphatic carbocycles. The first-order chi connectivity index (χ1) is 7.61. The minimum atomic E-state index is -0.0583. The normalized spacial score (nSPS) is 18.4. The maximum absolute atomic E-state index is 11.9. The second kappa shape index (κ2) is 4.65. The number of carbonyl (C=O) groups excluding carboxylic acids is 1. The third kappa shape index (κ3) is 2.18. The highest BCUT2D eigenvalue weighted by Crippen LogP contribution is 2.24. The first-order valence-corrected chi connectivity index (χ1v) is 6.73. The van der Waals surface area contributed by atoms with Crippen LogP contribution < -0.4 is 5.32 Å². The van der Waals surface area contributed by atoms with Crippen molar-refractivity contribution in [3.8, 4) is 0 Å². The first kappa shape index (κ1) is 11.8. The maximum Gasteiger partial charge on any atom is 0.276 e. The van der Waals surface area contributed by atoms with Gasteiger partial charge in [0, 0.05) is 11.4 Å². The van der Waals surface area contributed by atoms with Gasteiger partial charge >= 0.3 is 0 Å². The van der Waals surface area contributed by atoms with E-state index in [0.29, 0.717) is 17.4 Å². The molecule has 1 saturated heterocycles. The molecule has 2 heterocycles. The first-order valence-electron chi connectivity index (χ1n) is 4.71. The van der Waals surface area contributed by atoms with Crippen LogP contribution in [0.4, 0.5) is 0 Å². The smallest absolute Gasteiger partial charge is 0.276 e. The molecule has 0 atom stereocenters. The third-order valence-corrected chi connectivity index (χ3v) is 4.05. The number of thiocarbonyl (C=S) groups is 1. The van der Waals surface area contributed by atoms with E-state index < -0.39 is 0 Å². The molecule has 2 rings (SSSR count). The number of rotatable bonds is 2. The van der Waals surface area contributed by atoms with Crippen LogP contribution in [0.2, 0.25) is 0 Å². The van der Waals surface area contributed by atoms with Crippen molar-refractivity contribution in [2.75, 3.05) is 6.54 Å². The van der Waals surface area contributed by atoms with Crippen molar-refractivity contribution in [3.05, 3.63) is 26.5 Å². The average molecular weight is 317 g/mol. The van der Waals surface area contributed by atoms with Crippen molar-refractivity contribution in [3.63, 3.8) is 0 Å². The van der Waals surface area contributed by atoms with Gasteiger partial charge in [0.25, 0.3) is 5.91 Å². The second-order valence-electron chi connectivity index (χ2n) is 3.18. The van der Waals surface area contributed by atoms with Crippen molar-refractivity contribution in [1.82, 2.24) is 10.2 Å². The monoisotopic (exact) mass is 316 g/mol. The molecular formula is C10H9BrN2OS2. The summed E-state index contributed by atoms with van der Waals surface area (Å²) in [5, 5.41) is 3.40. The fourth-order valence-corrected chi connectivity index (χ4v) is 3.10. The Hall–Kier alpha value is -0.720. The number of amides is 1. The Morgan fingerprint density at radius 3 is 2.88 bits per heavy atom. The predicted molar refractivity (Wildman–Crippen MR) is 73.1 cm³/mol. The molecule has 1 amide bonds. The van der Waals surface area contributed by atoms with Gasteiger partial charge in [-0.15, -0.1) is 11.3 Å². The minimum Gasteiger partial charge on any atom is -0.328 e. The van der Waals surface area contributed by atoms with Crippen LogP contribution in [0, 0.1) is 0 Å². The molecule has 1 aliphatic rings. The molecule has 3 nitrogen and oxygen atoms in total. The molecule has 1 aromatic heterocycles. The Labute approximate surface area is 111 Å². The number of carbonyl (C=O) groups is 1. The van der Waals surface area contributed by atoms with Gasteiger partial charge in [0.1, 0.15) is 5.70 Å². The molecule has 1 fully saturated rings. The lowest BCUT2D eigenvalue weighted by Gasteiger charge is -2.08. The average Bonchev–Trinajstić information content (AvgIpc) is 2.74. The van der Waals surface area contributed by atoms with Crippen LogP contribution in [-0.2, 0) is 4.79 Å². The summed E-state index contributed by atoms with van der Waals surface area (Å²) < 4.78 is 1.04. The summed E-state index contributed by atoms with van der Waals surface area (Å²) in [5.41, 5.74) is 0.543. The Bertz CT molecular complexity index is 481. The molecule has 84 valence electrons. The van der Waals surface area contributed by atoms with E-state index in [9.17, 15) is 4.79 Å². The lowest BCUT2D eigenvalue weighted by Crippen LogP contribution is -2.30. The number of thiophene rings is 1. The summed E-state index contributed by atoms with van der Waals surface area (Å²) in [6, 6.07) is 3.90. The van der Waals surface area contributed by atoms with E-state index >= 15 is 0 Å². The number of nitrogens with zero attached hydrogens (tertiary/aromatic N) is 1. The van der Waals surface area contributed by atoms with E-state index in [2.05, 4.69) is 21.2 Å². The van der Waals surface area contributed by atoms with Crippen molar-refractivity contribution >= 4 is 56.6 Å². The molecule has 0 radical (unpaired) electrons. The summed E-state index contributed by atoms with van der Waals surface area (Å²) in [5.74, 6) is -0.0583. The van der Waals surface area contributed by atoms with Crippen LogP contribution in [-0.4, -0.2) is 22.5 Å². The van der Waals surface area contributed by atoms with Gasteiger partial charge in [0.2, 0.25) is 0 Å². The molecule has 0 saturated carbocycles. The highest BCUT2D eigenvalue weighted by Gasteiger charge is 2.28. The van der Waals surface area contributed by atoms with E-state index in [1.165, 1.54) is 0 Å². The largest absolute Gasteiger partial charge is 0.328 e. The van der Waals surface area contributed by atoms with Crippen LogP contribution in [0.25, 0.3) is 6.08 Å². The summed E-state index contributed by atoms with van der Waals surface area (Å²) in [6.45, 7) is 2.49. The van der Waals surface area contributed by atoms with Crippen LogP contribution in [0.1, 0.15) is 11.8 Å². The Morgan fingerprint density at radius 1 is 1.62 bits per heavy atom. The SMILES string of the molecule is CCN1C(=O)/C(=C/c2ccc(Br)s2)NC1=S.